The Hall–Kier alpha value is -2.32. The number of carboxylic acids is 1. The van der Waals surface area contributed by atoms with E-state index in [1.807, 2.05) is 6.92 Å². The quantitative estimate of drug-likeness (QED) is 0.790. The number of nitrogens with zero attached hydrogens (tertiary/aromatic N) is 3. The van der Waals surface area contributed by atoms with Crippen LogP contribution in [0.15, 0.2) is 22.7 Å². The normalized spacial score (nSPS) is 12.5. The van der Waals surface area contributed by atoms with Gasteiger partial charge in [-0.1, -0.05) is 24.2 Å². The zero-order valence-electron chi connectivity index (χ0n) is 13.8. The van der Waals surface area contributed by atoms with E-state index in [9.17, 15) is 14.3 Å². The van der Waals surface area contributed by atoms with Gasteiger partial charge in [0.05, 0.1) is 6.54 Å². The monoisotopic (exact) mass is 337 g/mol. The minimum atomic E-state index is -1.03. The molecule has 130 valence electrons. The molecule has 0 saturated heterocycles. The first-order chi connectivity index (χ1) is 11.5. The van der Waals surface area contributed by atoms with Gasteiger partial charge in [0.1, 0.15) is 18.5 Å². The minimum absolute atomic E-state index is 0.167. The molecule has 0 aliphatic rings. The Bertz CT molecular complexity index is 704. The summed E-state index contributed by atoms with van der Waals surface area (Å²) in [7, 11) is 1.52. The number of hydrogen-bond acceptors (Lipinski definition) is 6. The van der Waals surface area contributed by atoms with Gasteiger partial charge < -0.3 is 14.4 Å². The van der Waals surface area contributed by atoms with Crippen molar-refractivity contribution in [2.45, 2.75) is 33.0 Å². The zero-order chi connectivity index (χ0) is 17.7. The largest absolute Gasteiger partial charge is 0.480 e. The number of aromatic nitrogens is 2. The van der Waals surface area contributed by atoms with Crippen molar-refractivity contribution in [3.63, 3.8) is 0 Å². The lowest BCUT2D eigenvalue weighted by Crippen LogP contribution is -2.33. The number of benzene rings is 1. The number of carboxylic acid groups (broad SMARTS) is 1. The fourth-order valence-corrected chi connectivity index (χ4v) is 2.45. The molecule has 8 heteroatoms. The molecule has 1 heterocycles. The van der Waals surface area contributed by atoms with Crippen LogP contribution in [0.3, 0.4) is 0 Å². The summed E-state index contributed by atoms with van der Waals surface area (Å²) in [5.74, 6) is -0.700. The van der Waals surface area contributed by atoms with Gasteiger partial charge in [0.15, 0.2) is 5.82 Å². The molecule has 0 saturated carbocycles. The molecule has 2 aromatic rings. The molecule has 24 heavy (non-hydrogen) atoms. The Kier molecular flexibility index (Phi) is 5.99. The summed E-state index contributed by atoms with van der Waals surface area (Å²) >= 11 is 0. The second-order valence-electron chi connectivity index (χ2n) is 5.35. The van der Waals surface area contributed by atoms with Crippen molar-refractivity contribution >= 4 is 5.97 Å². The molecule has 0 aliphatic heterocycles. The Morgan fingerprint density at radius 2 is 2.25 bits per heavy atom. The maximum absolute atomic E-state index is 13.5. The molecule has 0 unspecified atom stereocenters. The number of methoxy groups -OCH3 is 1. The van der Waals surface area contributed by atoms with E-state index >= 15 is 0 Å². The predicted molar refractivity (Wildman–Crippen MR) is 82.6 cm³/mol. The van der Waals surface area contributed by atoms with Crippen LogP contribution in [-0.2, 0) is 22.7 Å². The number of aryl methyl sites for hydroxylation is 1. The Morgan fingerprint density at radius 3 is 2.83 bits per heavy atom. The lowest BCUT2D eigenvalue weighted by molar-refractivity contribution is -0.144. The third kappa shape index (κ3) is 4.15. The van der Waals surface area contributed by atoms with Gasteiger partial charge in [0.25, 0.3) is 0 Å². The number of hydrogen-bond donors (Lipinski definition) is 1. The molecule has 7 nitrogen and oxygen atoms in total. The summed E-state index contributed by atoms with van der Waals surface area (Å²) in [5.41, 5.74) is 0.898. The van der Waals surface area contributed by atoms with E-state index in [1.165, 1.54) is 19.2 Å². The molecule has 1 N–H and O–H groups in total. The predicted octanol–water partition coefficient (Wildman–Crippen LogP) is 2.31. The summed E-state index contributed by atoms with van der Waals surface area (Å²) in [5, 5.41) is 13.4. The van der Waals surface area contributed by atoms with Crippen LogP contribution in [0.5, 0.6) is 0 Å². The number of halogens is 1. The Labute approximate surface area is 139 Å². The second kappa shape index (κ2) is 7.98. The maximum atomic E-state index is 13.5. The fourth-order valence-electron chi connectivity index (χ4n) is 2.45. The van der Waals surface area contributed by atoms with E-state index in [0.717, 1.165) is 0 Å². The maximum Gasteiger partial charge on any atom is 0.325 e. The van der Waals surface area contributed by atoms with E-state index in [4.69, 9.17) is 9.26 Å². The van der Waals surface area contributed by atoms with E-state index in [1.54, 1.807) is 17.9 Å². The second-order valence-corrected chi connectivity index (χ2v) is 5.35. The van der Waals surface area contributed by atoms with Crippen LogP contribution in [0.25, 0.3) is 0 Å². The number of aliphatic carboxylic acids is 1. The lowest BCUT2D eigenvalue weighted by Gasteiger charge is -2.26. The van der Waals surface area contributed by atoms with Crippen LogP contribution in [0.4, 0.5) is 4.39 Å². The highest BCUT2D eigenvalue weighted by Gasteiger charge is 2.28. The molecule has 0 amide bonds. The minimum Gasteiger partial charge on any atom is -0.480 e. The highest BCUT2D eigenvalue weighted by molar-refractivity contribution is 5.75. The standard InChI is InChI=1S/C16H20FN3O4/c1-4-20(8-14-18-13(9-23-3)19-24-14)15(16(21)22)11-5-6-12(17)10(2)7-11/h5-7,15H,4,8-9H2,1-3H3,(H,21,22)/t15-/m1/s1. The molecule has 2 rings (SSSR count). The Morgan fingerprint density at radius 1 is 1.50 bits per heavy atom. The van der Waals surface area contributed by atoms with Crippen molar-refractivity contribution in [3.05, 3.63) is 46.9 Å². The number of likely N-dealkylation sites (N-methyl/N-ethyl adjacent to an activating group) is 1. The van der Waals surface area contributed by atoms with Crippen molar-refractivity contribution in [3.8, 4) is 0 Å². The molecule has 1 atom stereocenters. The highest BCUT2D eigenvalue weighted by atomic mass is 19.1. The molecule has 0 fully saturated rings. The van der Waals surface area contributed by atoms with Crippen LogP contribution in [0.2, 0.25) is 0 Å². The van der Waals surface area contributed by atoms with Crippen molar-refractivity contribution in [2.75, 3.05) is 13.7 Å². The van der Waals surface area contributed by atoms with E-state index in [2.05, 4.69) is 10.1 Å². The van der Waals surface area contributed by atoms with Gasteiger partial charge in [0, 0.05) is 7.11 Å². The van der Waals surface area contributed by atoms with Gasteiger partial charge >= 0.3 is 5.97 Å². The van der Waals surface area contributed by atoms with Crippen LogP contribution in [0, 0.1) is 12.7 Å². The number of ether oxygens (including phenoxy) is 1. The average molecular weight is 337 g/mol. The number of carbonyl (C=O) groups is 1. The van der Waals surface area contributed by atoms with E-state index in [0.29, 0.717) is 29.4 Å². The van der Waals surface area contributed by atoms with Crippen LogP contribution in [0.1, 0.15) is 35.8 Å². The topological polar surface area (TPSA) is 88.7 Å². The highest BCUT2D eigenvalue weighted by Crippen LogP contribution is 2.24. The van der Waals surface area contributed by atoms with Gasteiger partial charge in [-0.2, -0.15) is 4.98 Å². The Balaban J connectivity index is 2.25. The smallest absolute Gasteiger partial charge is 0.325 e. The van der Waals surface area contributed by atoms with Gasteiger partial charge in [-0.15, -0.1) is 0 Å². The van der Waals surface area contributed by atoms with Crippen molar-refractivity contribution < 1.29 is 23.6 Å². The van der Waals surface area contributed by atoms with Crippen molar-refractivity contribution in [1.82, 2.24) is 15.0 Å². The fraction of sp³-hybridized carbons (Fsp3) is 0.438. The summed E-state index contributed by atoms with van der Waals surface area (Å²) < 4.78 is 23.5. The number of rotatable bonds is 8. The summed E-state index contributed by atoms with van der Waals surface area (Å²) in [6, 6.07) is 3.36. The van der Waals surface area contributed by atoms with Crippen LogP contribution in [-0.4, -0.2) is 39.8 Å². The molecule has 1 aromatic carbocycles. The third-order valence-electron chi connectivity index (χ3n) is 3.62. The lowest BCUT2D eigenvalue weighted by atomic mass is 10.0. The van der Waals surface area contributed by atoms with Gasteiger partial charge in [0.2, 0.25) is 5.89 Å². The van der Waals surface area contributed by atoms with Gasteiger partial charge in [-0.05, 0) is 30.7 Å². The van der Waals surface area contributed by atoms with E-state index < -0.39 is 12.0 Å². The molecule has 0 bridgehead atoms. The SMILES string of the molecule is CCN(Cc1nc(COC)no1)[C@@H](C(=O)O)c1ccc(F)c(C)c1. The average Bonchev–Trinajstić information content (AvgIpc) is 2.97. The van der Waals surface area contributed by atoms with Crippen LogP contribution < -0.4 is 0 Å². The molecule has 0 aliphatic carbocycles. The van der Waals surface area contributed by atoms with Crippen molar-refractivity contribution in [1.29, 1.82) is 0 Å². The van der Waals surface area contributed by atoms with E-state index in [-0.39, 0.29) is 19.0 Å². The van der Waals surface area contributed by atoms with Gasteiger partial charge in [-0.3, -0.25) is 9.69 Å². The summed E-state index contributed by atoms with van der Waals surface area (Å²) in [6.07, 6.45) is 0. The first-order valence-corrected chi connectivity index (χ1v) is 7.49. The molecular weight excluding hydrogens is 317 g/mol. The summed E-state index contributed by atoms with van der Waals surface area (Å²) in [6.45, 7) is 4.26. The van der Waals surface area contributed by atoms with Gasteiger partial charge in [-0.25, -0.2) is 4.39 Å². The molecule has 0 radical (unpaired) electrons. The first-order valence-electron chi connectivity index (χ1n) is 7.49. The van der Waals surface area contributed by atoms with Crippen molar-refractivity contribution in [2.24, 2.45) is 0 Å². The third-order valence-corrected chi connectivity index (χ3v) is 3.62. The zero-order valence-corrected chi connectivity index (χ0v) is 13.8. The van der Waals surface area contributed by atoms with Crippen LogP contribution >= 0.6 is 0 Å². The summed E-state index contributed by atoms with van der Waals surface area (Å²) in [4.78, 5) is 17.6. The molecule has 1 aromatic heterocycles. The molecular formula is C16H20FN3O4. The first kappa shape index (κ1) is 18.0. The molecule has 0 spiro atoms.